The van der Waals surface area contributed by atoms with Gasteiger partial charge < -0.3 is 9.63 Å². The fraction of sp³-hybridized carbons (Fsp3) is 0.455. The lowest BCUT2D eigenvalue weighted by molar-refractivity contribution is 0.350. The molecule has 0 aromatic heterocycles. The lowest BCUT2D eigenvalue weighted by Gasteiger charge is -2.16. The van der Waals surface area contributed by atoms with Crippen molar-refractivity contribution in [3.05, 3.63) is 62.1 Å². The maximum Gasteiger partial charge on any atom is 0.191 e. The number of halogens is 1. The molecule has 1 atom stereocenters. The summed E-state index contributed by atoms with van der Waals surface area (Å²) >= 11 is 3.49. The fourth-order valence-corrected chi connectivity index (χ4v) is 4.89. The van der Waals surface area contributed by atoms with E-state index in [2.05, 4.69) is 61.8 Å². The molecule has 0 saturated heterocycles. The summed E-state index contributed by atoms with van der Waals surface area (Å²) in [7, 11) is -1.92. The van der Waals surface area contributed by atoms with E-state index in [9.17, 15) is 9.67 Å². The van der Waals surface area contributed by atoms with Gasteiger partial charge in [0.25, 0.3) is 0 Å². The van der Waals surface area contributed by atoms with Gasteiger partial charge in [-0.1, -0.05) is 32.0 Å². The average molecular weight is 453 g/mol. The molecule has 5 heteroatoms. The summed E-state index contributed by atoms with van der Waals surface area (Å²) in [6.07, 6.45) is 2.20. The number of phenols is 1. The molecule has 0 bridgehead atoms. The standard InChI is InChI=1S/C22H30BrO3P/c1-6-26-27(25)8-7-17-9-15(4)20(16(5)10-17)12-18-11-19(14(2)3)22(24)21(23)13-18/h9-11,13-14,24,27H,6-8,12H2,1-5H3. The third kappa shape index (κ3) is 5.94. The number of aryl methyl sites for hydroxylation is 3. The summed E-state index contributed by atoms with van der Waals surface area (Å²) in [5.74, 6) is 0.598. The van der Waals surface area contributed by atoms with E-state index in [1.165, 1.54) is 27.8 Å². The second-order valence-corrected chi connectivity index (χ2v) is 9.75. The van der Waals surface area contributed by atoms with Crippen LogP contribution in [0, 0.1) is 13.8 Å². The molecule has 2 aromatic rings. The van der Waals surface area contributed by atoms with Gasteiger partial charge in [0.05, 0.1) is 11.1 Å². The zero-order valence-corrected chi connectivity index (χ0v) is 19.4. The Morgan fingerprint density at radius 3 is 2.30 bits per heavy atom. The highest BCUT2D eigenvalue weighted by molar-refractivity contribution is 9.10. The van der Waals surface area contributed by atoms with Gasteiger partial charge in [0.1, 0.15) is 5.75 Å². The van der Waals surface area contributed by atoms with Crippen LogP contribution in [0.5, 0.6) is 5.75 Å². The van der Waals surface area contributed by atoms with E-state index in [1.54, 1.807) is 0 Å². The van der Waals surface area contributed by atoms with Crippen LogP contribution in [0.3, 0.4) is 0 Å². The van der Waals surface area contributed by atoms with Gasteiger partial charge in [0, 0.05) is 6.16 Å². The first kappa shape index (κ1) is 22.2. The number of benzene rings is 2. The predicted octanol–water partition coefficient (Wildman–Crippen LogP) is 6.54. The molecule has 148 valence electrons. The summed E-state index contributed by atoms with van der Waals surface area (Å²) in [6, 6.07) is 8.50. The van der Waals surface area contributed by atoms with Gasteiger partial charge >= 0.3 is 0 Å². The molecule has 3 nitrogen and oxygen atoms in total. The van der Waals surface area contributed by atoms with Gasteiger partial charge in [0.2, 0.25) is 0 Å². The smallest absolute Gasteiger partial charge is 0.191 e. The molecule has 0 saturated carbocycles. The van der Waals surface area contributed by atoms with Gasteiger partial charge in [0.15, 0.2) is 8.03 Å². The van der Waals surface area contributed by atoms with E-state index in [0.717, 1.165) is 22.9 Å². The second-order valence-electron chi connectivity index (χ2n) is 7.36. The first-order valence-corrected chi connectivity index (χ1v) is 11.8. The van der Waals surface area contributed by atoms with E-state index >= 15 is 0 Å². The summed E-state index contributed by atoms with van der Waals surface area (Å²) in [4.78, 5) is 0. The van der Waals surface area contributed by atoms with E-state index in [-0.39, 0.29) is 5.92 Å². The summed E-state index contributed by atoms with van der Waals surface area (Å²) in [5, 5.41) is 10.3. The molecule has 0 aliphatic heterocycles. The minimum atomic E-state index is -1.92. The van der Waals surface area contributed by atoms with E-state index in [1.807, 2.05) is 13.0 Å². The molecule has 2 aromatic carbocycles. The molecule has 0 amide bonds. The van der Waals surface area contributed by atoms with Crippen molar-refractivity contribution in [2.75, 3.05) is 12.8 Å². The quantitative estimate of drug-likeness (QED) is 0.462. The Bertz CT molecular complexity index is 808. The van der Waals surface area contributed by atoms with Crippen LogP contribution in [0.1, 0.15) is 60.1 Å². The fourth-order valence-electron chi connectivity index (χ4n) is 3.41. The van der Waals surface area contributed by atoms with Gasteiger partial charge in [-0.25, -0.2) is 0 Å². The van der Waals surface area contributed by atoms with Crippen molar-refractivity contribution in [3.8, 4) is 5.75 Å². The van der Waals surface area contributed by atoms with E-state index in [4.69, 9.17) is 4.52 Å². The Morgan fingerprint density at radius 1 is 1.11 bits per heavy atom. The van der Waals surface area contributed by atoms with Crippen LogP contribution in [0.4, 0.5) is 0 Å². The minimum absolute atomic E-state index is 0.263. The molecule has 0 aliphatic rings. The number of hydrogen-bond acceptors (Lipinski definition) is 3. The van der Waals surface area contributed by atoms with Crippen LogP contribution in [0.2, 0.25) is 0 Å². The zero-order chi connectivity index (χ0) is 20.1. The van der Waals surface area contributed by atoms with Crippen molar-refractivity contribution in [1.82, 2.24) is 0 Å². The van der Waals surface area contributed by atoms with Gasteiger partial charge in [-0.3, -0.25) is 4.57 Å². The summed E-state index contributed by atoms with van der Waals surface area (Å²) in [5.41, 5.74) is 7.16. The summed E-state index contributed by atoms with van der Waals surface area (Å²) < 4.78 is 17.7. The normalized spacial score (nSPS) is 12.6. The SMILES string of the molecule is CCO[PH](=O)CCc1cc(C)c(Cc2cc(Br)c(O)c(C(C)C)c2)c(C)c1. The van der Waals surface area contributed by atoms with Crippen molar-refractivity contribution in [1.29, 1.82) is 0 Å². The molecule has 1 unspecified atom stereocenters. The molecule has 0 fully saturated rings. The van der Waals surface area contributed by atoms with Crippen molar-refractivity contribution >= 4 is 24.0 Å². The Hall–Kier alpha value is -1.09. The van der Waals surface area contributed by atoms with Crippen LogP contribution >= 0.6 is 24.0 Å². The lowest BCUT2D eigenvalue weighted by Crippen LogP contribution is -2.01. The Morgan fingerprint density at radius 2 is 1.74 bits per heavy atom. The predicted molar refractivity (Wildman–Crippen MR) is 118 cm³/mol. The minimum Gasteiger partial charge on any atom is -0.506 e. The molecular formula is C22H30BrO3P. The van der Waals surface area contributed by atoms with Crippen LogP contribution in [-0.2, 0) is 21.9 Å². The maximum absolute atomic E-state index is 11.8. The highest BCUT2D eigenvalue weighted by Crippen LogP contribution is 2.35. The van der Waals surface area contributed by atoms with Gasteiger partial charge in [-0.2, -0.15) is 0 Å². The van der Waals surface area contributed by atoms with Gasteiger partial charge in [-0.05, 0) is 94.9 Å². The largest absolute Gasteiger partial charge is 0.506 e. The monoisotopic (exact) mass is 452 g/mol. The van der Waals surface area contributed by atoms with Crippen LogP contribution in [0.15, 0.2) is 28.7 Å². The Labute approximate surface area is 172 Å². The topological polar surface area (TPSA) is 46.5 Å². The number of rotatable bonds is 8. The molecule has 27 heavy (non-hydrogen) atoms. The molecule has 0 radical (unpaired) electrons. The third-order valence-electron chi connectivity index (χ3n) is 4.83. The van der Waals surface area contributed by atoms with E-state index in [0.29, 0.717) is 18.5 Å². The highest BCUT2D eigenvalue weighted by Gasteiger charge is 2.14. The highest BCUT2D eigenvalue weighted by atomic mass is 79.9. The molecule has 0 spiro atoms. The molecule has 0 heterocycles. The van der Waals surface area contributed by atoms with Crippen molar-refractivity contribution in [3.63, 3.8) is 0 Å². The Kier molecular flexibility index (Phi) is 8.15. The van der Waals surface area contributed by atoms with Crippen molar-refractivity contribution in [2.45, 2.75) is 53.4 Å². The Balaban J connectivity index is 2.24. The second kappa shape index (κ2) is 9.91. The molecule has 1 N–H and O–H groups in total. The molecule has 0 aliphatic carbocycles. The first-order chi connectivity index (χ1) is 12.7. The van der Waals surface area contributed by atoms with Crippen LogP contribution < -0.4 is 0 Å². The van der Waals surface area contributed by atoms with Crippen LogP contribution in [0.25, 0.3) is 0 Å². The van der Waals surface area contributed by atoms with Crippen LogP contribution in [-0.4, -0.2) is 17.9 Å². The maximum atomic E-state index is 11.8. The van der Waals surface area contributed by atoms with Crippen molar-refractivity contribution < 1.29 is 14.2 Å². The zero-order valence-electron chi connectivity index (χ0n) is 16.9. The first-order valence-electron chi connectivity index (χ1n) is 9.48. The van der Waals surface area contributed by atoms with Crippen molar-refractivity contribution in [2.24, 2.45) is 0 Å². The summed E-state index contributed by atoms with van der Waals surface area (Å²) in [6.45, 7) is 10.8. The third-order valence-corrected chi connectivity index (χ3v) is 6.71. The number of phenolic OH excluding ortho intramolecular Hbond substituents is 1. The molecule has 2 rings (SSSR count). The van der Waals surface area contributed by atoms with Gasteiger partial charge in [-0.15, -0.1) is 0 Å². The number of aromatic hydroxyl groups is 1. The average Bonchev–Trinajstić information content (AvgIpc) is 2.59. The lowest BCUT2D eigenvalue weighted by atomic mass is 9.91. The van der Waals surface area contributed by atoms with E-state index < -0.39 is 8.03 Å². The number of hydrogen-bond donors (Lipinski definition) is 1. The molecular weight excluding hydrogens is 423 g/mol.